The van der Waals surface area contributed by atoms with Crippen LogP contribution in [0.5, 0.6) is 0 Å². The van der Waals surface area contributed by atoms with Gasteiger partial charge in [-0.3, -0.25) is 10.1 Å². The summed E-state index contributed by atoms with van der Waals surface area (Å²) in [5.74, 6) is -1.93. The summed E-state index contributed by atoms with van der Waals surface area (Å²) < 4.78 is 37.4. The van der Waals surface area contributed by atoms with E-state index in [-0.39, 0.29) is 5.56 Å². The average molecular weight is 241 g/mol. The molecule has 0 aromatic carbocycles. The van der Waals surface area contributed by atoms with Gasteiger partial charge in [-0.05, 0) is 0 Å². The molecule has 0 unspecified atom stereocenters. The monoisotopic (exact) mass is 240 g/mol. The third kappa shape index (κ3) is 2.35. The fraction of sp³-hybridized carbons (Fsp3) is 0.286. The Balaban J connectivity index is 3.35. The zero-order valence-electron chi connectivity index (χ0n) is 7.08. The van der Waals surface area contributed by atoms with Crippen LogP contribution in [0.4, 0.5) is 18.9 Å². The molecule has 0 fully saturated rings. The second kappa shape index (κ2) is 4.43. The Morgan fingerprint density at radius 3 is 2.60 bits per heavy atom. The van der Waals surface area contributed by atoms with Gasteiger partial charge in [-0.2, -0.15) is 4.39 Å². The molecule has 15 heavy (non-hydrogen) atoms. The Hall–Kier alpha value is -1.37. The van der Waals surface area contributed by atoms with Gasteiger partial charge >= 0.3 is 5.69 Å². The van der Waals surface area contributed by atoms with Crippen LogP contribution in [0.3, 0.4) is 0 Å². The molecule has 0 saturated carbocycles. The van der Waals surface area contributed by atoms with Crippen molar-refractivity contribution in [2.75, 3.05) is 0 Å². The summed E-state index contributed by atoms with van der Waals surface area (Å²) >= 11 is 5.29. The molecule has 1 rings (SSSR count). The van der Waals surface area contributed by atoms with Crippen LogP contribution in [-0.2, 0) is 5.88 Å². The Labute approximate surface area is 86.8 Å². The summed E-state index contributed by atoms with van der Waals surface area (Å²) in [7, 11) is 0. The summed E-state index contributed by atoms with van der Waals surface area (Å²) in [5.41, 5.74) is -2.08. The number of pyridine rings is 1. The average Bonchev–Trinajstić information content (AvgIpc) is 2.16. The van der Waals surface area contributed by atoms with Gasteiger partial charge in [0.05, 0.1) is 4.92 Å². The van der Waals surface area contributed by atoms with Crippen molar-refractivity contribution in [1.82, 2.24) is 4.98 Å². The first kappa shape index (κ1) is 11.7. The first-order valence-electron chi connectivity index (χ1n) is 3.65. The third-order valence-electron chi connectivity index (χ3n) is 1.62. The van der Waals surface area contributed by atoms with Crippen LogP contribution in [-0.4, -0.2) is 9.91 Å². The molecule has 0 aliphatic rings. The summed E-state index contributed by atoms with van der Waals surface area (Å²) in [6, 6.07) is 0.664. The summed E-state index contributed by atoms with van der Waals surface area (Å²) in [6.07, 6.45) is -3.02. The van der Waals surface area contributed by atoms with Crippen molar-refractivity contribution in [2.45, 2.75) is 12.3 Å². The molecule has 0 spiro atoms. The minimum Gasteiger partial charge on any atom is -0.258 e. The first-order chi connectivity index (χ1) is 6.97. The lowest BCUT2D eigenvalue weighted by Crippen LogP contribution is -2.03. The van der Waals surface area contributed by atoms with Crippen molar-refractivity contribution in [1.29, 1.82) is 0 Å². The van der Waals surface area contributed by atoms with E-state index in [9.17, 15) is 23.3 Å². The van der Waals surface area contributed by atoms with Crippen LogP contribution in [0.25, 0.3) is 0 Å². The van der Waals surface area contributed by atoms with Crippen LogP contribution < -0.4 is 0 Å². The maximum Gasteiger partial charge on any atom is 0.324 e. The van der Waals surface area contributed by atoms with E-state index in [1.54, 1.807) is 0 Å². The number of hydrogen-bond acceptors (Lipinski definition) is 3. The van der Waals surface area contributed by atoms with Gasteiger partial charge in [-0.15, -0.1) is 11.6 Å². The topological polar surface area (TPSA) is 56.0 Å². The molecule has 1 aromatic heterocycles. The van der Waals surface area contributed by atoms with Gasteiger partial charge in [0, 0.05) is 17.5 Å². The summed E-state index contributed by atoms with van der Waals surface area (Å²) in [6.45, 7) is 0. The van der Waals surface area contributed by atoms with Crippen LogP contribution >= 0.6 is 11.6 Å². The molecule has 0 atom stereocenters. The zero-order chi connectivity index (χ0) is 11.6. The van der Waals surface area contributed by atoms with E-state index >= 15 is 0 Å². The van der Waals surface area contributed by atoms with Crippen molar-refractivity contribution in [3.63, 3.8) is 0 Å². The second-order valence-electron chi connectivity index (χ2n) is 2.53. The maximum absolute atomic E-state index is 12.8. The van der Waals surface area contributed by atoms with Crippen molar-refractivity contribution >= 4 is 17.3 Å². The smallest absolute Gasteiger partial charge is 0.258 e. The van der Waals surface area contributed by atoms with Crippen LogP contribution in [0.1, 0.15) is 17.7 Å². The quantitative estimate of drug-likeness (QED) is 0.353. The van der Waals surface area contributed by atoms with Crippen LogP contribution in [0.15, 0.2) is 6.07 Å². The highest BCUT2D eigenvalue weighted by Crippen LogP contribution is 2.27. The third-order valence-corrected chi connectivity index (χ3v) is 1.91. The summed E-state index contributed by atoms with van der Waals surface area (Å²) in [4.78, 5) is 12.0. The lowest BCUT2D eigenvalue weighted by molar-refractivity contribution is -0.388. The van der Waals surface area contributed by atoms with Gasteiger partial charge < -0.3 is 0 Å². The van der Waals surface area contributed by atoms with E-state index in [2.05, 4.69) is 4.98 Å². The molecule has 0 aliphatic carbocycles. The molecule has 0 amide bonds. The standard InChI is InChI=1S/C7H4ClF3N2O2/c8-2-3-1-4(13(14)15)7(11)12-5(3)6(9)10/h1,6H,2H2. The van der Waals surface area contributed by atoms with E-state index in [0.717, 1.165) is 0 Å². The first-order valence-corrected chi connectivity index (χ1v) is 4.18. The molecular weight excluding hydrogens is 237 g/mol. The number of rotatable bonds is 3. The lowest BCUT2D eigenvalue weighted by atomic mass is 10.2. The Morgan fingerprint density at radius 2 is 2.20 bits per heavy atom. The molecule has 0 aliphatic heterocycles. The Morgan fingerprint density at radius 1 is 1.60 bits per heavy atom. The predicted octanol–water partition coefficient (Wildman–Crippen LogP) is 2.81. The largest absolute Gasteiger partial charge is 0.324 e. The number of aromatic nitrogens is 1. The molecule has 0 bridgehead atoms. The van der Waals surface area contributed by atoms with Gasteiger partial charge in [0.2, 0.25) is 0 Å². The van der Waals surface area contributed by atoms with Crippen LogP contribution in [0, 0.1) is 16.1 Å². The lowest BCUT2D eigenvalue weighted by Gasteiger charge is -2.04. The Bertz CT molecular complexity index is 400. The van der Waals surface area contributed by atoms with Crippen molar-refractivity contribution < 1.29 is 18.1 Å². The van der Waals surface area contributed by atoms with Crippen molar-refractivity contribution in [3.8, 4) is 0 Å². The molecule has 8 heteroatoms. The SMILES string of the molecule is O=[N+]([O-])c1cc(CCl)c(C(F)F)nc1F. The molecule has 0 N–H and O–H groups in total. The second-order valence-corrected chi connectivity index (χ2v) is 2.80. The number of nitrogens with zero attached hydrogens (tertiary/aromatic N) is 2. The van der Waals surface area contributed by atoms with E-state index in [4.69, 9.17) is 11.6 Å². The van der Waals surface area contributed by atoms with Gasteiger partial charge in [0.1, 0.15) is 5.69 Å². The highest BCUT2D eigenvalue weighted by Gasteiger charge is 2.23. The van der Waals surface area contributed by atoms with Crippen LogP contribution in [0.2, 0.25) is 0 Å². The molecule has 82 valence electrons. The molecule has 0 saturated heterocycles. The number of halogens is 4. The van der Waals surface area contributed by atoms with Gasteiger partial charge in [-0.25, -0.2) is 13.8 Å². The van der Waals surface area contributed by atoms with Gasteiger partial charge in [0.15, 0.2) is 0 Å². The molecule has 0 radical (unpaired) electrons. The highest BCUT2D eigenvalue weighted by atomic mass is 35.5. The minimum atomic E-state index is -3.02. The summed E-state index contributed by atoms with van der Waals surface area (Å²) in [5, 5.41) is 10.3. The molecule has 4 nitrogen and oxygen atoms in total. The van der Waals surface area contributed by atoms with E-state index < -0.39 is 34.6 Å². The number of nitro groups is 1. The molecular formula is C7H4ClF3N2O2. The zero-order valence-corrected chi connectivity index (χ0v) is 7.84. The normalized spacial score (nSPS) is 10.7. The van der Waals surface area contributed by atoms with Gasteiger partial charge in [0.25, 0.3) is 12.4 Å². The number of hydrogen-bond donors (Lipinski definition) is 0. The van der Waals surface area contributed by atoms with E-state index in [1.165, 1.54) is 0 Å². The number of alkyl halides is 3. The molecule has 1 aromatic rings. The minimum absolute atomic E-state index is 0.250. The van der Waals surface area contributed by atoms with Crippen molar-refractivity contribution in [3.05, 3.63) is 33.4 Å². The fourth-order valence-electron chi connectivity index (χ4n) is 0.957. The van der Waals surface area contributed by atoms with E-state index in [0.29, 0.717) is 6.07 Å². The fourth-order valence-corrected chi connectivity index (χ4v) is 1.17. The highest BCUT2D eigenvalue weighted by molar-refractivity contribution is 6.17. The van der Waals surface area contributed by atoms with Crippen molar-refractivity contribution in [2.24, 2.45) is 0 Å². The predicted molar refractivity (Wildman–Crippen MR) is 45.4 cm³/mol. The maximum atomic E-state index is 12.8. The van der Waals surface area contributed by atoms with Gasteiger partial charge in [-0.1, -0.05) is 0 Å². The Kier molecular flexibility index (Phi) is 3.46. The molecule has 1 heterocycles. The van der Waals surface area contributed by atoms with E-state index in [1.807, 2.05) is 0 Å².